The Morgan fingerprint density at radius 3 is 2.50 bits per heavy atom. The van der Waals surface area contributed by atoms with Crippen LogP contribution in [0.4, 0.5) is 19.0 Å². The second kappa shape index (κ2) is 6.61. The number of rotatable bonds is 2. The lowest BCUT2D eigenvalue weighted by Crippen LogP contribution is -2.23. The van der Waals surface area contributed by atoms with E-state index in [9.17, 15) is 13.2 Å². The first kappa shape index (κ1) is 17.0. The molecule has 0 N–H and O–H groups in total. The van der Waals surface area contributed by atoms with Crippen molar-refractivity contribution in [2.24, 2.45) is 0 Å². The maximum absolute atomic E-state index is 13.0. The van der Waals surface area contributed by atoms with E-state index in [4.69, 9.17) is 23.2 Å². The molecule has 1 aromatic heterocycles. The number of hydrogen-bond donors (Lipinski definition) is 0. The normalized spacial score (nSPS) is 15.4. The summed E-state index contributed by atoms with van der Waals surface area (Å²) < 4.78 is 39.1. The SMILES string of the molecule is FC(F)(F)c1cc(C2=CN(c3ccc(Cl)nn3)CCC2)ccc1Cl. The highest BCUT2D eigenvalue weighted by atomic mass is 35.5. The molecule has 1 aliphatic rings. The maximum Gasteiger partial charge on any atom is 0.417 e. The van der Waals surface area contributed by atoms with Gasteiger partial charge in [-0.15, -0.1) is 10.2 Å². The summed E-state index contributed by atoms with van der Waals surface area (Å²) in [6.45, 7) is 0.708. The zero-order valence-corrected chi connectivity index (χ0v) is 13.8. The molecule has 3 nitrogen and oxygen atoms in total. The summed E-state index contributed by atoms with van der Waals surface area (Å²) in [6.07, 6.45) is -1.22. The van der Waals surface area contributed by atoms with Crippen LogP contribution in [0.2, 0.25) is 10.2 Å². The lowest BCUT2D eigenvalue weighted by atomic mass is 9.97. The number of benzene rings is 1. The number of aromatic nitrogens is 2. The van der Waals surface area contributed by atoms with Crippen LogP contribution in [0, 0.1) is 0 Å². The van der Waals surface area contributed by atoms with Gasteiger partial charge in [-0.2, -0.15) is 13.2 Å². The minimum atomic E-state index is -4.48. The van der Waals surface area contributed by atoms with Crippen LogP contribution in [0.3, 0.4) is 0 Å². The largest absolute Gasteiger partial charge is 0.417 e. The molecule has 0 saturated carbocycles. The van der Waals surface area contributed by atoms with Gasteiger partial charge in [0.2, 0.25) is 0 Å². The predicted octanol–water partition coefficient (Wildman–Crippen LogP) is 5.44. The van der Waals surface area contributed by atoms with Gasteiger partial charge in [-0.3, -0.25) is 0 Å². The Morgan fingerprint density at radius 1 is 1.04 bits per heavy atom. The summed E-state index contributed by atoms with van der Waals surface area (Å²) in [7, 11) is 0. The Labute approximate surface area is 146 Å². The predicted molar refractivity (Wildman–Crippen MR) is 88.1 cm³/mol. The molecule has 0 fully saturated rings. The molecule has 0 bridgehead atoms. The Bertz CT molecular complexity index is 773. The number of anilines is 1. The molecule has 0 aliphatic carbocycles. The van der Waals surface area contributed by atoms with E-state index in [0.29, 0.717) is 24.3 Å². The van der Waals surface area contributed by atoms with Gasteiger partial charge in [0.15, 0.2) is 11.0 Å². The van der Waals surface area contributed by atoms with E-state index >= 15 is 0 Å². The Morgan fingerprint density at radius 2 is 1.83 bits per heavy atom. The highest BCUT2D eigenvalue weighted by Crippen LogP contribution is 2.37. The molecule has 1 aromatic carbocycles. The minimum absolute atomic E-state index is 0.285. The van der Waals surface area contributed by atoms with Crippen LogP contribution in [0.25, 0.3) is 5.57 Å². The third-order valence-corrected chi connectivity index (χ3v) is 4.24. The van der Waals surface area contributed by atoms with E-state index in [2.05, 4.69) is 10.2 Å². The van der Waals surface area contributed by atoms with Gasteiger partial charge in [-0.05, 0) is 48.2 Å². The van der Waals surface area contributed by atoms with Crippen LogP contribution < -0.4 is 4.90 Å². The van der Waals surface area contributed by atoms with Gasteiger partial charge in [-0.1, -0.05) is 29.3 Å². The third-order valence-electron chi connectivity index (χ3n) is 3.71. The first-order valence-electron chi connectivity index (χ1n) is 7.18. The monoisotopic (exact) mass is 373 g/mol. The van der Waals surface area contributed by atoms with Crippen LogP contribution in [0.1, 0.15) is 24.0 Å². The molecule has 0 atom stereocenters. The van der Waals surface area contributed by atoms with Gasteiger partial charge in [0.05, 0.1) is 10.6 Å². The summed E-state index contributed by atoms with van der Waals surface area (Å²) in [5.74, 6) is 0.599. The summed E-state index contributed by atoms with van der Waals surface area (Å²) in [6, 6.07) is 7.31. The fourth-order valence-electron chi connectivity index (χ4n) is 2.56. The van der Waals surface area contributed by atoms with Crippen molar-refractivity contribution < 1.29 is 13.2 Å². The molecule has 0 saturated heterocycles. The van der Waals surface area contributed by atoms with Crippen LogP contribution in [-0.2, 0) is 6.18 Å². The topological polar surface area (TPSA) is 29.0 Å². The van der Waals surface area contributed by atoms with E-state index < -0.39 is 11.7 Å². The van der Waals surface area contributed by atoms with Crippen molar-refractivity contribution in [3.05, 3.63) is 57.8 Å². The average molecular weight is 374 g/mol. The van der Waals surface area contributed by atoms with E-state index in [1.165, 1.54) is 6.07 Å². The maximum atomic E-state index is 13.0. The molecule has 3 rings (SSSR count). The Hall–Kier alpha value is -1.79. The van der Waals surface area contributed by atoms with Crippen LogP contribution >= 0.6 is 23.2 Å². The van der Waals surface area contributed by atoms with Gasteiger partial charge in [-0.25, -0.2) is 0 Å². The molecule has 24 heavy (non-hydrogen) atoms. The third kappa shape index (κ3) is 3.65. The molecule has 0 radical (unpaired) electrons. The van der Waals surface area contributed by atoms with E-state index in [1.807, 2.05) is 4.90 Å². The number of alkyl halides is 3. The molecule has 126 valence electrons. The Balaban J connectivity index is 1.95. The molecule has 0 spiro atoms. The summed E-state index contributed by atoms with van der Waals surface area (Å²) in [5.41, 5.74) is 0.462. The first-order valence-corrected chi connectivity index (χ1v) is 7.94. The van der Waals surface area contributed by atoms with Gasteiger partial charge >= 0.3 is 6.18 Å². The molecule has 1 aliphatic heterocycles. The summed E-state index contributed by atoms with van der Waals surface area (Å²) in [4.78, 5) is 1.85. The molecule has 2 aromatic rings. The number of nitrogens with zero attached hydrogens (tertiary/aromatic N) is 3. The van der Waals surface area contributed by atoms with Gasteiger partial charge in [0, 0.05) is 12.7 Å². The van der Waals surface area contributed by atoms with Crippen molar-refractivity contribution in [2.75, 3.05) is 11.4 Å². The number of hydrogen-bond acceptors (Lipinski definition) is 3. The van der Waals surface area contributed by atoms with Gasteiger partial charge in [0.25, 0.3) is 0 Å². The summed E-state index contributed by atoms with van der Waals surface area (Å²) >= 11 is 11.4. The summed E-state index contributed by atoms with van der Waals surface area (Å²) in [5, 5.41) is 7.77. The molecule has 0 amide bonds. The zero-order chi connectivity index (χ0) is 17.3. The van der Waals surface area contributed by atoms with Gasteiger partial charge in [0.1, 0.15) is 0 Å². The molecular formula is C16H12Cl2F3N3. The zero-order valence-electron chi connectivity index (χ0n) is 12.3. The number of allylic oxidation sites excluding steroid dienone is 1. The average Bonchev–Trinajstić information content (AvgIpc) is 2.55. The van der Waals surface area contributed by atoms with Gasteiger partial charge < -0.3 is 4.90 Å². The van der Waals surface area contributed by atoms with Crippen molar-refractivity contribution in [3.63, 3.8) is 0 Å². The second-order valence-electron chi connectivity index (χ2n) is 5.36. The van der Waals surface area contributed by atoms with Crippen molar-refractivity contribution in [1.29, 1.82) is 0 Å². The number of halogens is 5. The van der Waals surface area contributed by atoms with Crippen molar-refractivity contribution in [1.82, 2.24) is 10.2 Å². The molecule has 0 unspecified atom stereocenters. The lowest BCUT2D eigenvalue weighted by molar-refractivity contribution is -0.137. The molecule has 8 heteroatoms. The first-order chi connectivity index (χ1) is 11.3. The standard InChI is InChI=1S/C16H12Cl2F3N3/c17-13-4-3-10(8-12(13)16(19,20)21)11-2-1-7-24(9-11)15-6-5-14(18)22-23-15/h3-6,8-9H,1-2,7H2. The van der Waals surface area contributed by atoms with Crippen molar-refractivity contribution >= 4 is 34.6 Å². The highest BCUT2D eigenvalue weighted by Gasteiger charge is 2.33. The van der Waals surface area contributed by atoms with Crippen LogP contribution in [0.5, 0.6) is 0 Å². The molecule has 2 heterocycles. The second-order valence-corrected chi connectivity index (χ2v) is 6.15. The molecular weight excluding hydrogens is 362 g/mol. The van der Waals surface area contributed by atoms with Crippen molar-refractivity contribution in [3.8, 4) is 0 Å². The lowest BCUT2D eigenvalue weighted by Gasteiger charge is -2.26. The highest BCUT2D eigenvalue weighted by molar-refractivity contribution is 6.31. The van der Waals surface area contributed by atoms with Crippen molar-refractivity contribution in [2.45, 2.75) is 19.0 Å². The Kier molecular flexibility index (Phi) is 4.69. The quantitative estimate of drug-likeness (QED) is 0.701. The van der Waals surface area contributed by atoms with E-state index in [1.54, 1.807) is 24.4 Å². The van der Waals surface area contributed by atoms with Crippen LogP contribution in [0.15, 0.2) is 36.5 Å². The van der Waals surface area contributed by atoms with Crippen LogP contribution in [-0.4, -0.2) is 16.7 Å². The smallest absolute Gasteiger partial charge is 0.331 e. The van der Waals surface area contributed by atoms with E-state index in [-0.39, 0.29) is 10.2 Å². The fraction of sp³-hybridized carbons (Fsp3) is 0.250. The minimum Gasteiger partial charge on any atom is -0.331 e. The van der Waals surface area contributed by atoms with E-state index in [0.717, 1.165) is 18.1 Å². The fourth-order valence-corrected chi connectivity index (χ4v) is 2.89.